The molecule has 0 radical (unpaired) electrons. The minimum Gasteiger partial charge on any atom is -0.467 e. The van der Waals surface area contributed by atoms with Gasteiger partial charge in [0, 0.05) is 35.7 Å². The van der Waals surface area contributed by atoms with E-state index in [1.807, 2.05) is 0 Å². The summed E-state index contributed by atoms with van der Waals surface area (Å²) in [6.07, 6.45) is -12.9. The van der Waals surface area contributed by atoms with Gasteiger partial charge in [-0.15, -0.1) is 0 Å². The average molecular weight is 769 g/mol. The van der Waals surface area contributed by atoms with Crippen molar-refractivity contribution in [2.24, 2.45) is 40.4 Å². The number of aliphatic hydroxyl groups is 6. The highest BCUT2D eigenvalue weighted by Crippen LogP contribution is 2.72. The van der Waals surface area contributed by atoms with Crippen molar-refractivity contribution in [1.29, 1.82) is 0 Å². The standard InChI is InChI=1S/C36H48O18/c1-13(15(3)11-49-16(4)38)8-21(39)54-26-28-35-12-50-36(28,33(47)48-6)30(45)25(43)27(35)34(5)17(9-20(35)53-31(26)46)14(2)7-18(29(34)44)51-32-24(42)23(41)22(40)19(10-37)52-32/h7-8,14-15,17,19-20,22-28,30,32,37,40-43,45H,9-12H2,1-6H3. The monoisotopic (exact) mass is 768 g/mol. The Kier molecular flexibility index (Phi) is 10.6. The first-order valence-corrected chi connectivity index (χ1v) is 17.9. The molecule has 18 heteroatoms. The lowest BCUT2D eigenvalue weighted by molar-refractivity contribution is -0.297. The van der Waals surface area contributed by atoms with E-state index in [4.69, 9.17) is 33.2 Å². The molecule has 6 rings (SSSR count). The number of fused-ring (bicyclic) bond motifs is 2. The fraction of sp³-hybridized carbons (Fsp3) is 0.750. The van der Waals surface area contributed by atoms with E-state index in [9.17, 15) is 54.6 Å². The first kappa shape index (κ1) is 40.2. The Morgan fingerprint density at radius 3 is 2.35 bits per heavy atom. The van der Waals surface area contributed by atoms with Crippen LogP contribution in [-0.4, -0.2) is 148 Å². The number of hydrogen-bond donors (Lipinski definition) is 6. The van der Waals surface area contributed by atoms with Crippen molar-refractivity contribution in [3.8, 4) is 0 Å². The highest BCUT2D eigenvalue weighted by atomic mass is 16.7. The number of rotatable bonds is 9. The lowest BCUT2D eigenvalue weighted by atomic mass is 9.37. The number of hydrogen-bond acceptors (Lipinski definition) is 18. The average Bonchev–Trinajstić information content (AvgIpc) is 3.43. The molecule has 17 unspecified atom stereocenters. The lowest BCUT2D eigenvalue weighted by Crippen LogP contribution is -2.80. The van der Waals surface area contributed by atoms with Crippen molar-refractivity contribution in [2.75, 3.05) is 26.9 Å². The fourth-order valence-electron chi connectivity index (χ4n) is 10.1. The molecule has 1 spiro atoms. The first-order chi connectivity index (χ1) is 25.3. The minimum absolute atomic E-state index is 0.00272. The quantitative estimate of drug-likeness (QED) is 0.0826. The molecule has 300 valence electrons. The van der Waals surface area contributed by atoms with Gasteiger partial charge in [0.1, 0.15) is 36.6 Å². The van der Waals surface area contributed by atoms with Crippen molar-refractivity contribution in [3.63, 3.8) is 0 Å². The van der Waals surface area contributed by atoms with Crippen LogP contribution in [0.3, 0.4) is 0 Å². The smallest absolute Gasteiger partial charge is 0.348 e. The van der Waals surface area contributed by atoms with Gasteiger partial charge in [-0.3, -0.25) is 9.59 Å². The van der Waals surface area contributed by atoms with E-state index in [1.54, 1.807) is 27.7 Å². The van der Waals surface area contributed by atoms with Crippen LogP contribution in [0, 0.1) is 40.4 Å². The summed E-state index contributed by atoms with van der Waals surface area (Å²) in [5.74, 6) is -9.39. The molecule has 6 N–H and O–H groups in total. The number of ketones is 1. The second-order valence-electron chi connectivity index (χ2n) is 15.6. The van der Waals surface area contributed by atoms with Crippen molar-refractivity contribution in [1.82, 2.24) is 0 Å². The van der Waals surface area contributed by atoms with Crippen molar-refractivity contribution in [2.45, 2.75) is 102 Å². The van der Waals surface area contributed by atoms with E-state index in [0.29, 0.717) is 5.57 Å². The van der Waals surface area contributed by atoms with E-state index in [0.717, 1.165) is 13.2 Å². The van der Waals surface area contributed by atoms with Gasteiger partial charge in [-0.05, 0) is 31.3 Å². The third-order valence-electron chi connectivity index (χ3n) is 12.8. The van der Waals surface area contributed by atoms with Crippen LogP contribution in [0.5, 0.6) is 0 Å². The van der Waals surface area contributed by atoms with Crippen LogP contribution in [0.2, 0.25) is 0 Å². The summed E-state index contributed by atoms with van der Waals surface area (Å²) in [5.41, 5.74) is -5.34. The van der Waals surface area contributed by atoms with Crippen molar-refractivity contribution < 1.29 is 87.8 Å². The second-order valence-corrected chi connectivity index (χ2v) is 15.6. The Bertz CT molecular complexity index is 1620. The summed E-state index contributed by atoms with van der Waals surface area (Å²) in [6, 6.07) is 0. The number of carbonyl (C=O) groups is 5. The molecule has 3 saturated heterocycles. The van der Waals surface area contributed by atoms with Crippen LogP contribution < -0.4 is 0 Å². The van der Waals surface area contributed by atoms with Crippen LogP contribution in [-0.2, 0) is 57.1 Å². The van der Waals surface area contributed by atoms with Gasteiger partial charge in [-0.2, -0.15) is 0 Å². The molecule has 17 atom stereocenters. The first-order valence-electron chi connectivity index (χ1n) is 17.9. The molecule has 2 saturated carbocycles. The number of esters is 4. The number of allylic oxidation sites excluding steroid dienone is 2. The molecule has 3 aliphatic carbocycles. The number of aliphatic hydroxyl groups excluding tert-OH is 6. The van der Waals surface area contributed by atoms with Crippen molar-refractivity contribution >= 4 is 29.7 Å². The van der Waals surface area contributed by atoms with Crippen LogP contribution >= 0.6 is 0 Å². The number of Topliss-reactive ketones (excluding diaryl/α,β-unsaturated/α-hetero) is 1. The molecular weight excluding hydrogens is 720 g/mol. The largest absolute Gasteiger partial charge is 0.467 e. The summed E-state index contributed by atoms with van der Waals surface area (Å²) in [7, 11) is 1.02. The van der Waals surface area contributed by atoms with Gasteiger partial charge in [0.15, 0.2) is 5.76 Å². The Hall–Kier alpha value is -3.49. The molecule has 3 aliphatic heterocycles. The van der Waals surface area contributed by atoms with Gasteiger partial charge in [-0.25, -0.2) is 14.4 Å². The fourth-order valence-corrected chi connectivity index (χ4v) is 10.1. The molecule has 0 aromatic carbocycles. The number of carbonyl (C=O) groups excluding carboxylic acids is 5. The minimum atomic E-state index is -2.45. The molecule has 6 aliphatic rings. The summed E-state index contributed by atoms with van der Waals surface area (Å²) < 4.78 is 39.4. The topological polar surface area (TPSA) is 271 Å². The highest BCUT2D eigenvalue weighted by molar-refractivity contribution is 6.00. The second kappa shape index (κ2) is 14.2. The zero-order valence-corrected chi connectivity index (χ0v) is 30.6. The van der Waals surface area contributed by atoms with E-state index in [-0.39, 0.29) is 18.8 Å². The van der Waals surface area contributed by atoms with Crippen LogP contribution in [0.25, 0.3) is 0 Å². The Balaban J connectivity index is 1.41. The van der Waals surface area contributed by atoms with Crippen LogP contribution in [0.4, 0.5) is 0 Å². The van der Waals surface area contributed by atoms with E-state index in [1.165, 1.54) is 13.0 Å². The Morgan fingerprint density at radius 1 is 1.04 bits per heavy atom. The van der Waals surface area contributed by atoms with Crippen LogP contribution in [0.15, 0.2) is 23.5 Å². The zero-order valence-electron chi connectivity index (χ0n) is 30.6. The van der Waals surface area contributed by atoms with E-state index >= 15 is 0 Å². The molecule has 18 nitrogen and oxygen atoms in total. The zero-order chi connectivity index (χ0) is 39.8. The van der Waals surface area contributed by atoms with Crippen molar-refractivity contribution in [3.05, 3.63) is 23.5 Å². The lowest BCUT2D eigenvalue weighted by Gasteiger charge is -2.67. The van der Waals surface area contributed by atoms with Gasteiger partial charge in [-0.1, -0.05) is 26.3 Å². The molecule has 54 heavy (non-hydrogen) atoms. The van der Waals surface area contributed by atoms with Gasteiger partial charge < -0.3 is 63.8 Å². The summed E-state index contributed by atoms with van der Waals surface area (Å²) >= 11 is 0. The molecule has 3 heterocycles. The normalized spacial score (nSPS) is 45.9. The van der Waals surface area contributed by atoms with Gasteiger partial charge in [0.05, 0.1) is 39.0 Å². The van der Waals surface area contributed by atoms with Gasteiger partial charge >= 0.3 is 23.9 Å². The third kappa shape index (κ3) is 5.71. The van der Waals surface area contributed by atoms with E-state index in [2.05, 4.69) is 0 Å². The van der Waals surface area contributed by atoms with Gasteiger partial charge in [0.25, 0.3) is 0 Å². The molecule has 2 bridgehead atoms. The SMILES string of the molecule is COC(=O)C12OCC34C(CC5C(C)C=C(OC6OC(CO)C(O)C(O)C6O)C(=O)C5(C)C3C(O)C1O)OC(=O)C(OC(=O)C=C(C)C(C)COC(C)=O)C24. The van der Waals surface area contributed by atoms with E-state index < -0.39 is 144 Å². The van der Waals surface area contributed by atoms with Gasteiger partial charge in [0.2, 0.25) is 23.8 Å². The Labute approximate surface area is 309 Å². The Morgan fingerprint density at radius 2 is 1.72 bits per heavy atom. The maximum absolute atomic E-state index is 14.8. The number of methoxy groups -OCH3 is 1. The molecule has 5 fully saturated rings. The molecule has 0 aromatic heterocycles. The van der Waals surface area contributed by atoms with Crippen LogP contribution in [0.1, 0.15) is 41.0 Å². The predicted molar refractivity (Wildman–Crippen MR) is 175 cm³/mol. The molecular formula is C36H48O18. The molecule has 0 aromatic rings. The summed E-state index contributed by atoms with van der Waals surface area (Å²) in [4.78, 5) is 67.2. The maximum Gasteiger partial charge on any atom is 0.348 e. The third-order valence-corrected chi connectivity index (χ3v) is 12.8. The number of ether oxygens (including phenoxy) is 7. The summed E-state index contributed by atoms with van der Waals surface area (Å²) in [5, 5.41) is 65.1. The molecule has 0 amide bonds. The predicted octanol–water partition coefficient (Wildman–Crippen LogP) is -2.19. The summed E-state index contributed by atoms with van der Waals surface area (Å²) in [6.45, 7) is 6.55. The highest BCUT2D eigenvalue weighted by Gasteiger charge is 2.86. The maximum atomic E-state index is 14.8.